The molecule has 5 rings (SSSR count). The van der Waals surface area contributed by atoms with E-state index in [0.717, 1.165) is 81.7 Å². The van der Waals surface area contributed by atoms with Gasteiger partial charge in [0.15, 0.2) is 0 Å². The van der Waals surface area contributed by atoms with Crippen LogP contribution in [0.15, 0.2) is 11.1 Å². The van der Waals surface area contributed by atoms with E-state index < -0.39 is 0 Å². The minimum absolute atomic E-state index is 0.0218. The molecule has 0 N–H and O–H groups in total. The molecule has 1 amide bonds. The molecule has 1 unspecified atom stereocenters. The Kier molecular flexibility index (Phi) is 5.89. The fourth-order valence-electron chi connectivity index (χ4n) is 4.97. The summed E-state index contributed by atoms with van der Waals surface area (Å²) in [4.78, 5) is 36.8. The molecule has 0 radical (unpaired) electrons. The van der Waals surface area contributed by atoms with Crippen molar-refractivity contribution in [1.29, 1.82) is 0 Å². The Bertz CT molecular complexity index is 971. The van der Waals surface area contributed by atoms with Crippen LogP contribution in [-0.4, -0.2) is 70.7 Å². The van der Waals surface area contributed by atoms with Gasteiger partial charge in [-0.25, -0.2) is 4.98 Å². The molecule has 2 aromatic heterocycles. The van der Waals surface area contributed by atoms with Gasteiger partial charge in [0, 0.05) is 57.2 Å². The van der Waals surface area contributed by atoms with Gasteiger partial charge in [-0.05, 0) is 44.1 Å². The molecule has 0 spiro atoms. The average molecular weight is 431 g/mol. The van der Waals surface area contributed by atoms with Crippen molar-refractivity contribution in [2.45, 2.75) is 57.6 Å². The average Bonchev–Trinajstić information content (AvgIpc) is 3.41. The zero-order chi connectivity index (χ0) is 20.5. The first-order chi connectivity index (χ1) is 14.7. The van der Waals surface area contributed by atoms with E-state index in [-0.39, 0.29) is 11.5 Å². The van der Waals surface area contributed by atoms with Gasteiger partial charge in [0.25, 0.3) is 5.56 Å². The van der Waals surface area contributed by atoms with E-state index in [2.05, 4.69) is 9.88 Å². The third-order valence-electron chi connectivity index (χ3n) is 6.72. The van der Waals surface area contributed by atoms with Gasteiger partial charge in [0.2, 0.25) is 5.91 Å². The van der Waals surface area contributed by atoms with Gasteiger partial charge in [0.05, 0.1) is 17.8 Å². The van der Waals surface area contributed by atoms with Crippen molar-refractivity contribution in [2.75, 3.05) is 39.3 Å². The van der Waals surface area contributed by atoms with Crippen molar-refractivity contribution in [3.63, 3.8) is 0 Å². The van der Waals surface area contributed by atoms with E-state index in [1.807, 2.05) is 4.90 Å². The zero-order valence-corrected chi connectivity index (χ0v) is 18.3. The largest absolute Gasteiger partial charge is 0.377 e. The van der Waals surface area contributed by atoms with Gasteiger partial charge in [-0.1, -0.05) is 0 Å². The molecular weight excluding hydrogens is 400 g/mol. The Morgan fingerprint density at radius 2 is 2.00 bits per heavy atom. The van der Waals surface area contributed by atoms with E-state index in [4.69, 9.17) is 4.74 Å². The van der Waals surface area contributed by atoms with Gasteiger partial charge >= 0.3 is 0 Å². The first kappa shape index (κ1) is 20.2. The Hall–Kier alpha value is -1.77. The number of fused-ring (bicyclic) bond motifs is 3. The molecule has 1 aliphatic carbocycles. The third kappa shape index (κ3) is 4.05. The predicted octanol–water partition coefficient (Wildman–Crippen LogP) is 2.05. The van der Waals surface area contributed by atoms with Gasteiger partial charge in [-0.3, -0.25) is 19.1 Å². The summed E-state index contributed by atoms with van der Waals surface area (Å²) < 4.78 is 7.36. The number of carbonyl (C=O) groups excluding carboxylic acids is 1. The van der Waals surface area contributed by atoms with E-state index in [0.29, 0.717) is 19.1 Å². The highest BCUT2D eigenvalue weighted by Crippen LogP contribution is 2.33. The van der Waals surface area contributed by atoms with Crippen molar-refractivity contribution in [2.24, 2.45) is 0 Å². The Balaban J connectivity index is 1.18. The van der Waals surface area contributed by atoms with Crippen LogP contribution >= 0.6 is 11.3 Å². The number of ether oxygens (including phenoxy) is 1. The number of hydrogen-bond donors (Lipinski definition) is 0. The summed E-state index contributed by atoms with van der Waals surface area (Å²) in [5.41, 5.74) is 1.23. The van der Waals surface area contributed by atoms with E-state index >= 15 is 0 Å². The van der Waals surface area contributed by atoms with Gasteiger partial charge in [0.1, 0.15) is 4.83 Å². The quantitative estimate of drug-likeness (QED) is 0.726. The lowest BCUT2D eigenvalue weighted by molar-refractivity contribution is -0.133. The Morgan fingerprint density at radius 3 is 2.80 bits per heavy atom. The van der Waals surface area contributed by atoms with Crippen molar-refractivity contribution in [3.05, 3.63) is 27.1 Å². The highest BCUT2D eigenvalue weighted by molar-refractivity contribution is 7.18. The monoisotopic (exact) mass is 430 g/mol. The van der Waals surface area contributed by atoms with E-state index in [9.17, 15) is 9.59 Å². The number of aryl methyl sites for hydroxylation is 3. The molecule has 30 heavy (non-hydrogen) atoms. The number of rotatable bonds is 5. The molecule has 0 saturated carbocycles. The summed E-state index contributed by atoms with van der Waals surface area (Å²) in [7, 11) is 0. The highest BCUT2D eigenvalue weighted by atomic mass is 32.1. The second kappa shape index (κ2) is 8.77. The number of hydrogen-bond acceptors (Lipinski definition) is 6. The van der Waals surface area contributed by atoms with Crippen LogP contribution in [0.25, 0.3) is 10.2 Å². The summed E-state index contributed by atoms with van der Waals surface area (Å²) in [6, 6.07) is 0. The lowest BCUT2D eigenvalue weighted by Gasteiger charge is -2.35. The van der Waals surface area contributed by atoms with Crippen LogP contribution in [0.1, 0.15) is 42.5 Å². The molecule has 2 fully saturated rings. The minimum atomic E-state index is 0.0218. The summed E-state index contributed by atoms with van der Waals surface area (Å²) in [5, 5.41) is 0.799. The van der Waals surface area contributed by atoms with Crippen molar-refractivity contribution < 1.29 is 9.53 Å². The lowest BCUT2D eigenvalue weighted by atomic mass is 9.97. The number of carbonyl (C=O) groups is 1. The van der Waals surface area contributed by atoms with Crippen LogP contribution in [0.2, 0.25) is 0 Å². The summed E-state index contributed by atoms with van der Waals surface area (Å²) >= 11 is 1.67. The van der Waals surface area contributed by atoms with Crippen molar-refractivity contribution >= 4 is 27.5 Å². The molecule has 0 aromatic carbocycles. The summed E-state index contributed by atoms with van der Waals surface area (Å²) in [5.74, 6) is 0.131. The Labute approximate surface area is 180 Å². The van der Waals surface area contributed by atoms with Crippen molar-refractivity contribution in [1.82, 2.24) is 19.4 Å². The molecule has 0 bridgehead atoms. The maximum atomic E-state index is 13.0. The zero-order valence-electron chi connectivity index (χ0n) is 17.5. The molecule has 2 saturated heterocycles. The smallest absolute Gasteiger partial charge is 0.262 e. The maximum absolute atomic E-state index is 13.0. The second-order valence-electron chi connectivity index (χ2n) is 8.70. The first-order valence-corrected chi connectivity index (χ1v) is 12.1. The van der Waals surface area contributed by atoms with Crippen LogP contribution in [0, 0.1) is 0 Å². The number of aromatic nitrogens is 2. The number of amides is 1. The van der Waals surface area contributed by atoms with Gasteiger partial charge in [-0.2, -0.15) is 0 Å². The Morgan fingerprint density at radius 1 is 1.17 bits per heavy atom. The minimum Gasteiger partial charge on any atom is -0.377 e. The molecule has 2 aliphatic heterocycles. The molecule has 1 atom stereocenters. The lowest BCUT2D eigenvalue weighted by Crippen LogP contribution is -2.50. The summed E-state index contributed by atoms with van der Waals surface area (Å²) in [6.07, 6.45) is 9.04. The normalized spacial score (nSPS) is 22.5. The molecular formula is C22H30N4O3S. The molecule has 2 aromatic rings. The molecule has 4 heterocycles. The second-order valence-corrected chi connectivity index (χ2v) is 9.78. The van der Waals surface area contributed by atoms with Crippen LogP contribution in [0.3, 0.4) is 0 Å². The van der Waals surface area contributed by atoms with E-state index in [1.54, 1.807) is 22.2 Å². The summed E-state index contributed by atoms with van der Waals surface area (Å²) in [6.45, 7) is 5.60. The maximum Gasteiger partial charge on any atom is 0.262 e. The fourth-order valence-corrected chi connectivity index (χ4v) is 6.19. The standard InChI is InChI=1S/C22H30N4O3S/c27-19(25-11-9-24(10-12-25)14-16-4-3-13-29-16)7-8-26-15-23-21-20(22(26)28)17-5-1-2-6-18(17)30-21/h15-16H,1-14H2. The van der Waals surface area contributed by atoms with Crippen LogP contribution in [-0.2, 0) is 28.9 Å². The fraction of sp³-hybridized carbons (Fsp3) is 0.682. The first-order valence-electron chi connectivity index (χ1n) is 11.3. The number of nitrogens with zero attached hydrogens (tertiary/aromatic N) is 4. The molecule has 3 aliphatic rings. The predicted molar refractivity (Wildman–Crippen MR) is 117 cm³/mol. The van der Waals surface area contributed by atoms with Gasteiger partial charge < -0.3 is 9.64 Å². The number of piperazine rings is 1. The highest BCUT2D eigenvalue weighted by Gasteiger charge is 2.25. The van der Waals surface area contributed by atoms with Crippen molar-refractivity contribution in [3.8, 4) is 0 Å². The topological polar surface area (TPSA) is 67.7 Å². The third-order valence-corrected chi connectivity index (χ3v) is 7.92. The van der Waals surface area contributed by atoms with Crippen LogP contribution in [0.5, 0.6) is 0 Å². The SMILES string of the molecule is O=C(CCn1cnc2sc3c(c2c1=O)CCCC3)N1CCN(CC2CCCO2)CC1. The van der Waals surface area contributed by atoms with Gasteiger partial charge in [-0.15, -0.1) is 11.3 Å². The van der Waals surface area contributed by atoms with Crippen LogP contribution in [0.4, 0.5) is 0 Å². The number of thiophene rings is 1. The molecule has 8 heteroatoms. The van der Waals surface area contributed by atoms with E-state index in [1.165, 1.54) is 16.9 Å². The molecule has 7 nitrogen and oxygen atoms in total. The van der Waals surface area contributed by atoms with Crippen LogP contribution < -0.4 is 5.56 Å². The molecule has 162 valence electrons.